The van der Waals surface area contributed by atoms with E-state index in [1.54, 1.807) is 0 Å². The molecule has 7 heteroatoms. The number of hydrogen-bond acceptors (Lipinski definition) is 4. The number of ether oxygens (including phenoxy) is 1. The SMILES string of the molecule is FC(F)COCCNc1ncc(Cl)cn1. The van der Waals surface area contributed by atoms with Crippen molar-refractivity contribution < 1.29 is 13.5 Å². The Morgan fingerprint density at radius 2 is 2.07 bits per heavy atom. The maximum atomic E-state index is 11.6. The summed E-state index contributed by atoms with van der Waals surface area (Å²) in [7, 11) is 0. The Morgan fingerprint density at radius 3 is 2.67 bits per heavy atom. The first-order chi connectivity index (χ1) is 7.18. The van der Waals surface area contributed by atoms with E-state index in [-0.39, 0.29) is 6.61 Å². The summed E-state index contributed by atoms with van der Waals surface area (Å²) in [5, 5.41) is 3.23. The monoisotopic (exact) mass is 237 g/mol. The fraction of sp³-hybridized carbons (Fsp3) is 0.500. The van der Waals surface area contributed by atoms with Gasteiger partial charge in [0, 0.05) is 6.54 Å². The van der Waals surface area contributed by atoms with E-state index >= 15 is 0 Å². The van der Waals surface area contributed by atoms with E-state index in [0.717, 1.165) is 0 Å². The molecule has 1 rings (SSSR count). The van der Waals surface area contributed by atoms with Gasteiger partial charge in [0.05, 0.1) is 24.0 Å². The number of nitrogens with one attached hydrogen (secondary N) is 1. The van der Waals surface area contributed by atoms with Crippen LogP contribution in [0.3, 0.4) is 0 Å². The molecule has 0 aliphatic heterocycles. The van der Waals surface area contributed by atoms with Crippen LogP contribution in [-0.4, -0.2) is 36.2 Å². The second-order valence-electron chi connectivity index (χ2n) is 2.62. The average Bonchev–Trinajstić information content (AvgIpc) is 2.20. The van der Waals surface area contributed by atoms with Crippen molar-refractivity contribution in [2.75, 3.05) is 25.1 Å². The zero-order chi connectivity index (χ0) is 11.1. The Kier molecular flexibility index (Phi) is 5.20. The molecule has 0 saturated carbocycles. The van der Waals surface area contributed by atoms with Crippen molar-refractivity contribution in [3.05, 3.63) is 17.4 Å². The minimum Gasteiger partial charge on any atom is -0.374 e. The van der Waals surface area contributed by atoms with Gasteiger partial charge in [0.1, 0.15) is 6.61 Å². The van der Waals surface area contributed by atoms with Gasteiger partial charge >= 0.3 is 0 Å². The molecule has 0 amide bonds. The Hall–Kier alpha value is -1.01. The third kappa shape index (κ3) is 5.44. The fourth-order valence-electron chi connectivity index (χ4n) is 0.811. The summed E-state index contributed by atoms with van der Waals surface area (Å²) in [6, 6.07) is 0. The van der Waals surface area contributed by atoms with Crippen LogP contribution in [0.1, 0.15) is 0 Å². The Morgan fingerprint density at radius 1 is 1.40 bits per heavy atom. The molecule has 0 fully saturated rings. The zero-order valence-corrected chi connectivity index (χ0v) is 8.55. The van der Waals surface area contributed by atoms with Gasteiger partial charge in [0.25, 0.3) is 6.43 Å². The Balaban J connectivity index is 2.12. The van der Waals surface area contributed by atoms with Crippen molar-refractivity contribution in [3.63, 3.8) is 0 Å². The van der Waals surface area contributed by atoms with Crippen LogP contribution in [0.15, 0.2) is 12.4 Å². The predicted molar refractivity (Wildman–Crippen MR) is 52.4 cm³/mol. The molecule has 0 spiro atoms. The molecule has 1 aromatic rings. The zero-order valence-electron chi connectivity index (χ0n) is 7.79. The van der Waals surface area contributed by atoms with Gasteiger partial charge in [-0.15, -0.1) is 0 Å². The first-order valence-corrected chi connectivity index (χ1v) is 4.63. The molecule has 0 aromatic carbocycles. The van der Waals surface area contributed by atoms with Crippen molar-refractivity contribution in [3.8, 4) is 0 Å². The van der Waals surface area contributed by atoms with Crippen LogP contribution < -0.4 is 5.32 Å². The minimum absolute atomic E-state index is 0.177. The number of rotatable bonds is 6. The largest absolute Gasteiger partial charge is 0.374 e. The molecule has 84 valence electrons. The van der Waals surface area contributed by atoms with E-state index in [0.29, 0.717) is 17.5 Å². The highest BCUT2D eigenvalue weighted by Crippen LogP contribution is 2.04. The molecular weight excluding hydrogens is 228 g/mol. The molecule has 15 heavy (non-hydrogen) atoms. The van der Waals surface area contributed by atoms with Gasteiger partial charge in [0.15, 0.2) is 0 Å². The highest BCUT2D eigenvalue weighted by Gasteiger charge is 2.01. The van der Waals surface area contributed by atoms with Crippen molar-refractivity contribution in [2.45, 2.75) is 6.43 Å². The molecule has 4 nitrogen and oxygen atoms in total. The van der Waals surface area contributed by atoms with E-state index in [1.165, 1.54) is 12.4 Å². The minimum atomic E-state index is -2.43. The number of hydrogen-bond donors (Lipinski definition) is 1. The lowest BCUT2D eigenvalue weighted by Crippen LogP contribution is -2.14. The molecule has 0 saturated heterocycles. The van der Waals surface area contributed by atoms with Gasteiger partial charge in [0.2, 0.25) is 5.95 Å². The maximum absolute atomic E-state index is 11.6. The quantitative estimate of drug-likeness (QED) is 0.767. The second-order valence-corrected chi connectivity index (χ2v) is 3.05. The van der Waals surface area contributed by atoms with Crippen LogP contribution >= 0.6 is 11.6 Å². The van der Waals surface area contributed by atoms with Gasteiger partial charge in [-0.2, -0.15) is 0 Å². The lowest BCUT2D eigenvalue weighted by molar-refractivity contribution is 0.0214. The van der Waals surface area contributed by atoms with Crippen molar-refractivity contribution >= 4 is 17.5 Å². The smallest absolute Gasteiger partial charge is 0.261 e. The van der Waals surface area contributed by atoms with Crippen LogP contribution in [0.4, 0.5) is 14.7 Å². The molecule has 0 aliphatic rings. The van der Waals surface area contributed by atoms with Gasteiger partial charge in [-0.05, 0) is 0 Å². The standard InChI is InChI=1S/C8H10ClF2N3O/c9-6-3-13-8(14-4-6)12-1-2-15-5-7(10)11/h3-4,7H,1-2,5H2,(H,12,13,14). The number of halogens is 3. The molecule has 0 bridgehead atoms. The molecule has 1 aromatic heterocycles. The molecular formula is C8H10ClF2N3O. The van der Waals surface area contributed by atoms with E-state index < -0.39 is 13.0 Å². The maximum Gasteiger partial charge on any atom is 0.261 e. The highest BCUT2D eigenvalue weighted by atomic mass is 35.5. The van der Waals surface area contributed by atoms with Crippen molar-refractivity contribution in [2.24, 2.45) is 0 Å². The van der Waals surface area contributed by atoms with Crippen LogP contribution in [0.5, 0.6) is 0 Å². The van der Waals surface area contributed by atoms with E-state index in [2.05, 4.69) is 20.0 Å². The summed E-state index contributed by atoms with van der Waals surface area (Å²) in [6.45, 7) is -0.00612. The van der Waals surface area contributed by atoms with Gasteiger partial charge in [-0.3, -0.25) is 0 Å². The summed E-state index contributed by atoms with van der Waals surface area (Å²) in [5.74, 6) is 0.389. The van der Waals surface area contributed by atoms with Crippen molar-refractivity contribution in [1.29, 1.82) is 0 Å². The molecule has 0 unspecified atom stereocenters. The van der Waals surface area contributed by atoms with Gasteiger partial charge in [-0.1, -0.05) is 11.6 Å². The van der Waals surface area contributed by atoms with Gasteiger partial charge < -0.3 is 10.1 Å². The fourth-order valence-corrected chi connectivity index (χ4v) is 0.909. The summed E-state index contributed by atoms with van der Waals surface area (Å²) in [6.07, 6.45) is 0.449. The predicted octanol–water partition coefficient (Wildman–Crippen LogP) is 1.82. The first-order valence-electron chi connectivity index (χ1n) is 4.26. The topological polar surface area (TPSA) is 47.0 Å². The normalized spacial score (nSPS) is 10.7. The highest BCUT2D eigenvalue weighted by molar-refractivity contribution is 6.30. The summed E-state index contributed by atoms with van der Waals surface area (Å²) in [4.78, 5) is 7.71. The number of anilines is 1. The lowest BCUT2D eigenvalue weighted by atomic mass is 10.6. The van der Waals surface area contributed by atoms with Crippen LogP contribution in [0, 0.1) is 0 Å². The molecule has 0 atom stereocenters. The number of nitrogens with zero attached hydrogens (tertiary/aromatic N) is 2. The van der Waals surface area contributed by atoms with Crippen LogP contribution in [-0.2, 0) is 4.74 Å². The number of aromatic nitrogens is 2. The third-order valence-electron chi connectivity index (χ3n) is 1.39. The summed E-state index contributed by atoms with van der Waals surface area (Å²) in [5.41, 5.74) is 0. The second kappa shape index (κ2) is 6.47. The van der Waals surface area contributed by atoms with Crippen LogP contribution in [0.2, 0.25) is 5.02 Å². The molecule has 0 aliphatic carbocycles. The van der Waals surface area contributed by atoms with Crippen LogP contribution in [0.25, 0.3) is 0 Å². The Bertz CT molecular complexity index is 284. The third-order valence-corrected chi connectivity index (χ3v) is 1.59. The van der Waals surface area contributed by atoms with Gasteiger partial charge in [-0.25, -0.2) is 18.7 Å². The average molecular weight is 238 g/mol. The summed E-state index contributed by atoms with van der Waals surface area (Å²) < 4.78 is 27.9. The van der Waals surface area contributed by atoms with Crippen molar-refractivity contribution in [1.82, 2.24) is 9.97 Å². The molecule has 0 radical (unpaired) electrons. The van der Waals surface area contributed by atoms with E-state index in [1.807, 2.05) is 0 Å². The van der Waals surface area contributed by atoms with E-state index in [9.17, 15) is 8.78 Å². The van der Waals surface area contributed by atoms with E-state index in [4.69, 9.17) is 11.6 Å². The lowest BCUT2D eigenvalue weighted by Gasteiger charge is -2.05. The number of alkyl halides is 2. The first kappa shape index (κ1) is 12.1. The molecule has 1 N–H and O–H groups in total. The summed E-state index contributed by atoms with van der Waals surface area (Å²) >= 11 is 5.57. The molecule has 1 heterocycles. The Labute approximate surface area is 90.6 Å².